The summed E-state index contributed by atoms with van der Waals surface area (Å²) < 4.78 is 0. The molecule has 0 spiro atoms. The Morgan fingerprint density at radius 1 is 1.20 bits per heavy atom. The summed E-state index contributed by atoms with van der Waals surface area (Å²) in [6, 6.07) is 1.23. The number of carbonyl (C=O) groups excluding carboxylic acids is 1. The molecule has 2 nitrogen and oxygen atoms in total. The fourth-order valence-electron chi connectivity index (χ4n) is 3.17. The van der Waals surface area contributed by atoms with Crippen LogP contribution < -0.4 is 0 Å². The molecule has 0 N–H and O–H groups in total. The van der Waals surface area contributed by atoms with Crippen molar-refractivity contribution in [1.29, 1.82) is 0 Å². The van der Waals surface area contributed by atoms with Crippen molar-refractivity contribution in [2.24, 2.45) is 5.92 Å². The minimum atomic E-state index is 0.482. The number of rotatable bonds is 1. The summed E-state index contributed by atoms with van der Waals surface area (Å²) in [7, 11) is 0. The first-order valence-electron chi connectivity index (χ1n) is 6.46. The van der Waals surface area contributed by atoms with Crippen LogP contribution in [0, 0.1) is 5.92 Å². The van der Waals surface area contributed by atoms with Crippen molar-refractivity contribution in [1.82, 2.24) is 4.90 Å². The van der Waals surface area contributed by atoms with Gasteiger partial charge in [0.05, 0.1) is 0 Å². The van der Waals surface area contributed by atoms with Gasteiger partial charge >= 0.3 is 0 Å². The Morgan fingerprint density at radius 3 is 2.73 bits per heavy atom. The Morgan fingerprint density at radius 2 is 2.00 bits per heavy atom. The highest BCUT2D eigenvalue weighted by Gasteiger charge is 2.33. The number of ketones is 1. The molecule has 86 valence electrons. The van der Waals surface area contributed by atoms with Crippen LogP contribution >= 0.6 is 0 Å². The second-order valence-electron chi connectivity index (χ2n) is 5.41. The molecule has 2 rings (SSSR count). The number of hydrogen-bond donors (Lipinski definition) is 0. The van der Waals surface area contributed by atoms with E-state index in [1.165, 1.54) is 25.8 Å². The lowest BCUT2D eigenvalue weighted by molar-refractivity contribution is -0.123. The van der Waals surface area contributed by atoms with Crippen molar-refractivity contribution >= 4 is 5.78 Å². The molecule has 1 saturated carbocycles. The largest absolute Gasteiger partial charge is 0.300 e. The Kier molecular flexibility index (Phi) is 3.45. The molecule has 0 bridgehead atoms. The van der Waals surface area contributed by atoms with Crippen molar-refractivity contribution in [3.63, 3.8) is 0 Å². The van der Waals surface area contributed by atoms with Crippen LogP contribution in [-0.4, -0.2) is 29.3 Å². The summed E-state index contributed by atoms with van der Waals surface area (Å²) in [6.07, 6.45) is 6.74. The number of piperidine rings is 1. The third-order valence-corrected chi connectivity index (χ3v) is 4.25. The first-order chi connectivity index (χ1) is 7.18. The fourth-order valence-corrected chi connectivity index (χ4v) is 3.17. The summed E-state index contributed by atoms with van der Waals surface area (Å²) >= 11 is 0. The van der Waals surface area contributed by atoms with Gasteiger partial charge in [-0.3, -0.25) is 9.69 Å². The Balaban J connectivity index is 2.03. The Bertz CT molecular complexity index is 239. The third-order valence-electron chi connectivity index (χ3n) is 4.25. The molecule has 3 atom stereocenters. The highest BCUT2D eigenvalue weighted by atomic mass is 16.1. The number of nitrogens with zero attached hydrogens (tertiary/aromatic N) is 1. The molecule has 1 aliphatic carbocycles. The summed E-state index contributed by atoms with van der Waals surface area (Å²) in [5, 5.41) is 0. The van der Waals surface area contributed by atoms with E-state index in [2.05, 4.69) is 18.7 Å². The molecule has 1 heterocycles. The average molecular weight is 209 g/mol. The molecule has 2 aliphatic rings. The van der Waals surface area contributed by atoms with Gasteiger partial charge in [-0.1, -0.05) is 13.3 Å². The topological polar surface area (TPSA) is 20.3 Å². The quantitative estimate of drug-likeness (QED) is 0.661. The zero-order valence-electron chi connectivity index (χ0n) is 10.0. The van der Waals surface area contributed by atoms with Crippen molar-refractivity contribution in [3.8, 4) is 0 Å². The maximum atomic E-state index is 11.5. The van der Waals surface area contributed by atoms with Crippen LogP contribution in [0.3, 0.4) is 0 Å². The van der Waals surface area contributed by atoms with Crippen LogP contribution in [0.15, 0.2) is 0 Å². The molecule has 1 saturated heterocycles. The number of likely N-dealkylation sites (tertiary alicyclic amines) is 1. The predicted octanol–water partition coefficient (Wildman–Crippen LogP) is 2.62. The van der Waals surface area contributed by atoms with Gasteiger partial charge in [-0.05, 0) is 38.6 Å². The molecule has 0 amide bonds. The van der Waals surface area contributed by atoms with Crippen molar-refractivity contribution in [3.05, 3.63) is 0 Å². The molecular weight excluding hydrogens is 186 g/mol. The highest BCUT2D eigenvalue weighted by Crippen LogP contribution is 2.30. The van der Waals surface area contributed by atoms with E-state index in [0.717, 1.165) is 19.3 Å². The van der Waals surface area contributed by atoms with Gasteiger partial charge in [0.2, 0.25) is 0 Å². The van der Waals surface area contributed by atoms with Crippen molar-refractivity contribution < 1.29 is 4.79 Å². The lowest BCUT2D eigenvalue weighted by Crippen LogP contribution is -2.50. The van der Waals surface area contributed by atoms with Crippen LogP contribution in [0.5, 0.6) is 0 Å². The van der Waals surface area contributed by atoms with Gasteiger partial charge < -0.3 is 0 Å². The zero-order chi connectivity index (χ0) is 10.8. The van der Waals surface area contributed by atoms with E-state index in [1.54, 1.807) is 0 Å². The van der Waals surface area contributed by atoms with E-state index in [9.17, 15) is 4.79 Å². The highest BCUT2D eigenvalue weighted by molar-refractivity contribution is 5.79. The Hall–Kier alpha value is -0.370. The summed E-state index contributed by atoms with van der Waals surface area (Å²) in [4.78, 5) is 14.1. The average Bonchev–Trinajstić information content (AvgIpc) is 2.23. The predicted molar refractivity (Wildman–Crippen MR) is 61.8 cm³/mol. The van der Waals surface area contributed by atoms with Gasteiger partial charge in [0, 0.05) is 24.9 Å². The first-order valence-corrected chi connectivity index (χ1v) is 6.46. The van der Waals surface area contributed by atoms with E-state index in [-0.39, 0.29) is 0 Å². The molecule has 3 unspecified atom stereocenters. The molecular formula is C13H23NO. The van der Waals surface area contributed by atoms with E-state index >= 15 is 0 Å². The standard InChI is InChI=1S/C13H23NO/c1-10-6-7-12(15)9-13(10)14-8-4-3-5-11(14)2/h10-11,13H,3-9H2,1-2H3. The molecule has 2 fully saturated rings. The minimum absolute atomic E-state index is 0.482. The first kappa shape index (κ1) is 11.1. The smallest absolute Gasteiger partial charge is 0.134 e. The van der Waals surface area contributed by atoms with E-state index in [4.69, 9.17) is 0 Å². The third kappa shape index (κ3) is 2.41. The van der Waals surface area contributed by atoms with Crippen molar-refractivity contribution in [2.45, 2.75) is 64.5 Å². The molecule has 2 heteroatoms. The van der Waals surface area contributed by atoms with Gasteiger partial charge in [-0.25, -0.2) is 0 Å². The summed E-state index contributed by atoms with van der Waals surface area (Å²) in [6.45, 7) is 5.85. The van der Waals surface area contributed by atoms with Crippen LogP contribution in [0.2, 0.25) is 0 Å². The minimum Gasteiger partial charge on any atom is -0.300 e. The summed E-state index contributed by atoms with van der Waals surface area (Å²) in [5.74, 6) is 1.19. The number of hydrogen-bond acceptors (Lipinski definition) is 2. The van der Waals surface area contributed by atoms with Gasteiger partial charge in [0.25, 0.3) is 0 Å². The molecule has 1 aliphatic heterocycles. The van der Waals surface area contributed by atoms with Gasteiger partial charge in [-0.15, -0.1) is 0 Å². The van der Waals surface area contributed by atoms with Gasteiger partial charge in [0.15, 0.2) is 0 Å². The molecule has 0 radical (unpaired) electrons. The normalized spacial score (nSPS) is 39.3. The molecule has 0 aromatic carbocycles. The lowest BCUT2D eigenvalue weighted by Gasteiger charge is -2.43. The molecule has 0 aromatic rings. The van der Waals surface area contributed by atoms with E-state index < -0.39 is 0 Å². The van der Waals surface area contributed by atoms with Crippen LogP contribution in [-0.2, 0) is 4.79 Å². The molecule has 0 aromatic heterocycles. The van der Waals surface area contributed by atoms with Crippen LogP contribution in [0.25, 0.3) is 0 Å². The van der Waals surface area contributed by atoms with E-state index in [1.807, 2.05) is 0 Å². The van der Waals surface area contributed by atoms with Crippen molar-refractivity contribution in [2.75, 3.05) is 6.54 Å². The maximum absolute atomic E-state index is 11.5. The number of Topliss-reactive ketones (excluding diaryl/α,β-unsaturated/α-hetero) is 1. The number of carbonyl (C=O) groups is 1. The van der Waals surface area contributed by atoms with Gasteiger partial charge in [-0.2, -0.15) is 0 Å². The molecule has 15 heavy (non-hydrogen) atoms. The second-order valence-corrected chi connectivity index (χ2v) is 5.41. The van der Waals surface area contributed by atoms with Crippen LogP contribution in [0.1, 0.15) is 52.4 Å². The lowest BCUT2D eigenvalue weighted by atomic mass is 9.82. The SMILES string of the molecule is CC1CCC(=O)CC1N1CCCCC1C. The zero-order valence-corrected chi connectivity index (χ0v) is 10.0. The van der Waals surface area contributed by atoms with Gasteiger partial charge in [0.1, 0.15) is 5.78 Å². The maximum Gasteiger partial charge on any atom is 0.134 e. The second kappa shape index (κ2) is 4.65. The monoisotopic (exact) mass is 209 g/mol. The van der Waals surface area contributed by atoms with E-state index in [0.29, 0.717) is 23.8 Å². The van der Waals surface area contributed by atoms with Crippen LogP contribution in [0.4, 0.5) is 0 Å². The fraction of sp³-hybridized carbons (Fsp3) is 0.923. The Labute approximate surface area is 93.0 Å². The summed E-state index contributed by atoms with van der Waals surface area (Å²) in [5.41, 5.74) is 0.